The van der Waals surface area contributed by atoms with E-state index < -0.39 is 0 Å². The molecule has 0 aliphatic heterocycles. The third-order valence-electron chi connectivity index (χ3n) is 2.26. The fraction of sp³-hybridized carbons (Fsp3) is 0.833. The first kappa shape index (κ1) is 15.9. The van der Waals surface area contributed by atoms with Crippen LogP contribution in [0.1, 0.15) is 52.4 Å². The Kier molecular flexibility index (Phi) is 11.3. The van der Waals surface area contributed by atoms with Gasteiger partial charge in [0.15, 0.2) is 0 Å². The molecule has 0 spiro atoms. The molecule has 0 unspecified atom stereocenters. The molecule has 0 atom stereocenters. The fourth-order valence-corrected chi connectivity index (χ4v) is 1.96. The Morgan fingerprint density at radius 3 is 2.44 bits per heavy atom. The highest BCUT2D eigenvalue weighted by molar-refractivity contribution is 8.23. The van der Waals surface area contributed by atoms with Crippen molar-refractivity contribution in [1.29, 1.82) is 0 Å². The van der Waals surface area contributed by atoms with E-state index >= 15 is 0 Å². The molecule has 0 aliphatic carbocycles. The van der Waals surface area contributed by atoms with Crippen LogP contribution in [-0.4, -0.2) is 22.4 Å². The van der Waals surface area contributed by atoms with Gasteiger partial charge in [-0.2, -0.15) is 0 Å². The van der Waals surface area contributed by atoms with Gasteiger partial charge in [-0.05, 0) is 13.3 Å². The van der Waals surface area contributed by atoms with Crippen molar-refractivity contribution in [3.63, 3.8) is 0 Å². The number of carbonyl (C=O) groups excluding carboxylic acids is 1. The zero-order valence-corrected chi connectivity index (χ0v) is 12.0. The Morgan fingerprint density at radius 2 is 1.81 bits per heavy atom. The predicted molar refractivity (Wildman–Crippen MR) is 77.1 cm³/mol. The normalized spacial score (nSPS) is 10.1. The number of thioether (sulfide) groups is 1. The Morgan fingerprint density at radius 1 is 1.19 bits per heavy atom. The van der Waals surface area contributed by atoms with Crippen LogP contribution < -0.4 is 5.32 Å². The number of amides is 1. The maximum absolute atomic E-state index is 11.3. The van der Waals surface area contributed by atoms with Crippen molar-refractivity contribution in [2.24, 2.45) is 0 Å². The average molecular weight is 261 g/mol. The Labute approximate surface area is 109 Å². The van der Waals surface area contributed by atoms with Crippen LogP contribution in [0.15, 0.2) is 0 Å². The lowest BCUT2D eigenvalue weighted by Crippen LogP contribution is -2.26. The molecule has 1 N–H and O–H groups in total. The van der Waals surface area contributed by atoms with E-state index in [1.807, 2.05) is 6.92 Å². The Balaban J connectivity index is 3.18. The lowest BCUT2D eigenvalue weighted by Gasteiger charge is -2.04. The van der Waals surface area contributed by atoms with Gasteiger partial charge in [-0.3, -0.25) is 4.79 Å². The molecule has 94 valence electrons. The summed E-state index contributed by atoms with van der Waals surface area (Å²) >= 11 is 6.33. The molecule has 16 heavy (non-hydrogen) atoms. The molecule has 0 fully saturated rings. The smallest absolute Gasteiger partial charge is 0.230 e. The SMILES string of the molecule is CCCCCCCCNC(=O)CSC(C)=S. The zero-order chi connectivity index (χ0) is 12.2. The molecule has 0 heterocycles. The maximum atomic E-state index is 11.3. The number of thiocarbonyl (C=S) groups is 1. The minimum absolute atomic E-state index is 0.0998. The molecule has 0 saturated heterocycles. The molecule has 0 aromatic heterocycles. The van der Waals surface area contributed by atoms with Gasteiger partial charge in [0.05, 0.1) is 5.75 Å². The molecular formula is C12H23NOS2. The average Bonchev–Trinajstić information content (AvgIpc) is 2.25. The highest BCUT2D eigenvalue weighted by Gasteiger charge is 2.00. The van der Waals surface area contributed by atoms with E-state index in [4.69, 9.17) is 12.2 Å². The molecule has 0 saturated carbocycles. The lowest BCUT2D eigenvalue weighted by atomic mass is 10.1. The second-order valence-corrected chi connectivity index (χ2v) is 5.96. The van der Waals surface area contributed by atoms with Crippen molar-refractivity contribution >= 4 is 34.1 Å². The molecule has 0 bridgehead atoms. The maximum Gasteiger partial charge on any atom is 0.230 e. The van der Waals surface area contributed by atoms with Crippen molar-refractivity contribution in [2.45, 2.75) is 52.4 Å². The topological polar surface area (TPSA) is 29.1 Å². The van der Waals surface area contributed by atoms with Crippen LogP contribution in [0.3, 0.4) is 0 Å². The van der Waals surface area contributed by atoms with Gasteiger partial charge in [-0.1, -0.05) is 51.2 Å². The van der Waals surface area contributed by atoms with Gasteiger partial charge in [0, 0.05) is 10.7 Å². The molecule has 0 aromatic carbocycles. The van der Waals surface area contributed by atoms with E-state index in [1.165, 1.54) is 43.9 Å². The minimum Gasteiger partial charge on any atom is -0.355 e. The zero-order valence-electron chi connectivity index (χ0n) is 10.4. The van der Waals surface area contributed by atoms with Crippen molar-refractivity contribution in [2.75, 3.05) is 12.3 Å². The molecular weight excluding hydrogens is 238 g/mol. The van der Waals surface area contributed by atoms with Gasteiger partial charge < -0.3 is 5.32 Å². The predicted octanol–water partition coefficient (Wildman–Crippen LogP) is 3.54. The van der Waals surface area contributed by atoms with Crippen LogP contribution in [0, 0.1) is 0 Å². The summed E-state index contributed by atoms with van der Waals surface area (Å²) in [4.78, 5) is 11.3. The molecule has 0 rings (SSSR count). The first-order valence-corrected chi connectivity index (χ1v) is 7.46. The van der Waals surface area contributed by atoms with E-state index in [-0.39, 0.29) is 5.91 Å². The monoisotopic (exact) mass is 261 g/mol. The quantitative estimate of drug-likeness (QED) is 0.508. The standard InChI is InChI=1S/C12H23NOS2/c1-3-4-5-6-7-8-9-13-12(14)10-16-11(2)15/h3-10H2,1-2H3,(H,13,14). The summed E-state index contributed by atoms with van der Waals surface area (Å²) < 4.78 is 0.828. The fourth-order valence-electron chi connectivity index (χ4n) is 1.35. The van der Waals surface area contributed by atoms with Crippen molar-refractivity contribution in [3.8, 4) is 0 Å². The first-order valence-electron chi connectivity index (χ1n) is 6.07. The summed E-state index contributed by atoms with van der Waals surface area (Å²) in [5, 5.41) is 2.91. The van der Waals surface area contributed by atoms with E-state index in [2.05, 4.69) is 12.2 Å². The Hall–Kier alpha value is -0.0900. The van der Waals surface area contributed by atoms with Gasteiger partial charge in [0.1, 0.15) is 0 Å². The van der Waals surface area contributed by atoms with Crippen LogP contribution in [0.25, 0.3) is 0 Å². The van der Waals surface area contributed by atoms with E-state index in [1.54, 1.807) is 0 Å². The highest BCUT2D eigenvalue weighted by atomic mass is 32.2. The van der Waals surface area contributed by atoms with E-state index in [0.29, 0.717) is 5.75 Å². The summed E-state index contributed by atoms with van der Waals surface area (Å²) in [6.45, 7) is 4.87. The largest absolute Gasteiger partial charge is 0.355 e. The number of unbranched alkanes of at least 4 members (excludes halogenated alkanes) is 5. The molecule has 0 radical (unpaired) electrons. The highest BCUT2D eigenvalue weighted by Crippen LogP contribution is 2.05. The lowest BCUT2D eigenvalue weighted by molar-refractivity contribution is -0.118. The third-order valence-corrected chi connectivity index (χ3v) is 3.43. The molecule has 0 aromatic rings. The van der Waals surface area contributed by atoms with Crippen LogP contribution in [-0.2, 0) is 4.79 Å². The molecule has 4 heteroatoms. The summed E-state index contributed by atoms with van der Waals surface area (Å²) in [6.07, 6.45) is 7.54. The number of nitrogens with one attached hydrogen (secondary N) is 1. The second kappa shape index (κ2) is 11.4. The van der Waals surface area contributed by atoms with Crippen molar-refractivity contribution in [3.05, 3.63) is 0 Å². The van der Waals surface area contributed by atoms with Crippen LogP contribution in [0.4, 0.5) is 0 Å². The molecule has 2 nitrogen and oxygen atoms in total. The molecule has 0 aliphatic rings. The van der Waals surface area contributed by atoms with E-state index in [0.717, 1.165) is 17.2 Å². The number of hydrogen-bond acceptors (Lipinski definition) is 3. The van der Waals surface area contributed by atoms with Gasteiger partial charge in [-0.15, -0.1) is 11.8 Å². The summed E-state index contributed by atoms with van der Waals surface area (Å²) in [7, 11) is 0. The third kappa shape index (κ3) is 12.0. The van der Waals surface area contributed by atoms with E-state index in [9.17, 15) is 4.79 Å². The van der Waals surface area contributed by atoms with Crippen LogP contribution >= 0.6 is 24.0 Å². The van der Waals surface area contributed by atoms with Crippen molar-refractivity contribution in [1.82, 2.24) is 5.32 Å². The number of carbonyl (C=O) groups is 1. The summed E-state index contributed by atoms with van der Waals surface area (Å²) in [6, 6.07) is 0. The summed E-state index contributed by atoms with van der Waals surface area (Å²) in [5.41, 5.74) is 0. The Bertz CT molecular complexity index is 207. The van der Waals surface area contributed by atoms with Gasteiger partial charge in [0.25, 0.3) is 0 Å². The molecule has 1 amide bonds. The number of hydrogen-bond donors (Lipinski definition) is 1. The van der Waals surface area contributed by atoms with Gasteiger partial charge in [-0.25, -0.2) is 0 Å². The van der Waals surface area contributed by atoms with Gasteiger partial charge >= 0.3 is 0 Å². The van der Waals surface area contributed by atoms with Crippen LogP contribution in [0.2, 0.25) is 0 Å². The van der Waals surface area contributed by atoms with Crippen molar-refractivity contribution < 1.29 is 4.79 Å². The minimum atomic E-state index is 0.0998. The van der Waals surface area contributed by atoms with Crippen LogP contribution in [0.5, 0.6) is 0 Å². The second-order valence-electron chi connectivity index (χ2n) is 3.90. The first-order chi connectivity index (χ1) is 7.66. The number of rotatable bonds is 9. The summed E-state index contributed by atoms with van der Waals surface area (Å²) in [5.74, 6) is 0.563. The van der Waals surface area contributed by atoms with Gasteiger partial charge in [0.2, 0.25) is 5.91 Å².